The van der Waals surface area contributed by atoms with Crippen LogP contribution in [-0.4, -0.2) is 58.7 Å². The zero-order chi connectivity index (χ0) is 32.1. The van der Waals surface area contributed by atoms with Gasteiger partial charge in [-0.25, -0.2) is 15.0 Å². The molecule has 1 aliphatic rings. The molecule has 8 heteroatoms. The maximum absolute atomic E-state index is 6.20. The summed E-state index contributed by atoms with van der Waals surface area (Å²) < 4.78 is 12.3. The predicted molar refractivity (Wildman–Crippen MR) is 187 cm³/mol. The monoisotopic (exact) mass is 626 g/mol. The zero-order valence-electron chi connectivity index (χ0n) is 26.4. The molecule has 0 saturated carbocycles. The molecule has 3 heterocycles. The van der Waals surface area contributed by atoms with Crippen LogP contribution in [0.4, 0.5) is 11.6 Å². The average molecular weight is 627 g/mol. The highest BCUT2D eigenvalue weighted by Gasteiger charge is 2.44. The fourth-order valence-corrected chi connectivity index (χ4v) is 6.82. The first-order chi connectivity index (χ1) is 23.1. The number of rotatable bonds is 10. The number of nitrogens with two attached hydrogens (primary N) is 1. The predicted octanol–water partition coefficient (Wildman–Crippen LogP) is 6.57. The lowest BCUT2D eigenvalue weighted by Gasteiger charge is -2.51. The maximum Gasteiger partial charge on any atom is 0.257 e. The van der Waals surface area contributed by atoms with Gasteiger partial charge in [0.1, 0.15) is 30.3 Å². The minimum absolute atomic E-state index is 0.127. The van der Waals surface area contributed by atoms with Crippen LogP contribution < -0.4 is 20.1 Å². The van der Waals surface area contributed by atoms with Gasteiger partial charge in [-0.3, -0.25) is 4.90 Å². The lowest BCUT2D eigenvalue weighted by Crippen LogP contribution is -2.60. The summed E-state index contributed by atoms with van der Waals surface area (Å²) in [7, 11) is 0. The van der Waals surface area contributed by atoms with Crippen LogP contribution in [0.5, 0.6) is 11.6 Å². The van der Waals surface area contributed by atoms with Crippen LogP contribution in [0.25, 0.3) is 10.9 Å². The smallest absolute Gasteiger partial charge is 0.257 e. The van der Waals surface area contributed by atoms with Gasteiger partial charge in [0, 0.05) is 43.5 Å². The van der Waals surface area contributed by atoms with E-state index in [-0.39, 0.29) is 6.04 Å². The molecule has 0 radical (unpaired) electrons. The number of pyridine rings is 1. The highest BCUT2D eigenvalue weighted by molar-refractivity contribution is 5.85. The number of benzene rings is 4. The molecule has 1 aliphatic heterocycles. The quantitative estimate of drug-likeness (QED) is 0.135. The van der Waals surface area contributed by atoms with Crippen LogP contribution in [0.1, 0.15) is 23.6 Å². The summed E-state index contributed by atoms with van der Waals surface area (Å²) >= 11 is 0. The highest BCUT2D eigenvalue weighted by atomic mass is 16.8. The number of hydrogen-bond acceptors (Lipinski definition) is 8. The second-order valence-electron chi connectivity index (χ2n) is 11.7. The third-order valence-electron chi connectivity index (χ3n) is 8.88. The Labute approximate surface area is 275 Å². The van der Waals surface area contributed by atoms with Crippen LogP contribution in [-0.2, 0) is 5.54 Å². The van der Waals surface area contributed by atoms with Gasteiger partial charge >= 0.3 is 0 Å². The fourth-order valence-electron chi connectivity index (χ4n) is 6.82. The van der Waals surface area contributed by atoms with E-state index in [1.165, 1.54) is 16.7 Å². The first kappa shape index (κ1) is 30.2. The van der Waals surface area contributed by atoms with Crippen LogP contribution in [0.15, 0.2) is 134 Å². The Morgan fingerprint density at radius 3 is 1.96 bits per heavy atom. The van der Waals surface area contributed by atoms with Gasteiger partial charge in [0.05, 0.1) is 5.54 Å². The van der Waals surface area contributed by atoms with Crippen molar-refractivity contribution in [3.05, 3.63) is 150 Å². The second-order valence-corrected chi connectivity index (χ2v) is 11.7. The Bertz CT molecular complexity index is 1830. The lowest BCUT2D eigenvalue weighted by molar-refractivity contribution is 0.128. The summed E-state index contributed by atoms with van der Waals surface area (Å²) in [5.74, 6) is 2.36. The topological polar surface area (TPSA) is 89.6 Å². The van der Waals surface area contributed by atoms with E-state index in [1.54, 1.807) is 18.5 Å². The molecule has 0 aliphatic carbocycles. The molecule has 7 rings (SSSR count). The van der Waals surface area contributed by atoms with Crippen molar-refractivity contribution in [1.82, 2.24) is 19.9 Å². The van der Waals surface area contributed by atoms with Gasteiger partial charge in [-0.05, 0) is 41.8 Å². The highest BCUT2D eigenvalue weighted by Crippen LogP contribution is 2.44. The molecule has 1 atom stereocenters. The molecule has 0 amide bonds. The van der Waals surface area contributed by atoms with Gasteiger partial charge in [0.25, 0.3) is 5.88 Å². The Morgan fingerprint density at radius 1 is 0.702 bits per heavy atom. The minimum Gasteiger partial charge on any atom is -0.488 e. The SMILES string of the molecule is C[C@@H]1CN(C(c2ccccc2)(c2ccccc2)c2ccccc2)CCN1c1nccnc1O[14CH2][14CH2]Oc1cccc2ccc(N)nc12. The van der Waals surface area contributed by atoms with E-state index >= 15 is 0 Å². The third-order valence-corrected chi connectivity index (χ3v) is 8.88. The molecule has 0 unspecified atom stereocenters. The summed E-state index contributed by atoms with van der Waals surface area (Å²) in [6.07, 6.45) is 3.40. The summed E-state index contributed by atoms with van der Waals surface area (Å²) in [6.45, 7) is 5.23. The molecule has 1 saturated heterocycles. The van der Waals surface area contributed by atoms with Crippen molar-refractivity contribution in [3.63, 3.8) is 0 Å². The van der Waals surface area contributed by atoms with E-state index in [1.807, 2.05) is 24.3 Å². The first-order valence-corrected chi connectivity index (χ1v) is 16.0. The summed E-state index contributed by atoms with van der Waals surface area (Å²) in [4.78, 5) is 18.7. The number of fused-ring (bicyclic) bond motifs is 1. The van der Waals surface area contributed by atoms with Crippen molar-refractivity contribution in [2.75, 3.05) is 43.5 Å². The van der Waals surface area contributed by atoms with E-state index in [2.05, 4.69) is 118 Å². The number of aromatic nitrogens is 3. The van der Waals surface area contributed by atoms with E-state index in [0.717, 1.165) is 36.4 Å². The van der Waals surface area contributed by atoms with Crippen LogP contribution in [0, 0.1) is 0 Å². The third kappa shape index (κ3) is 5.95. The maximum atomic E-state index is 6.20. The molecular formula is C39H38N6O2. The normalized spacial score (nSPS) is 15.4. The minimum atomic E-state index is -0.468. The van der Waals surface area contributed by atoms with Gasteiger partial charge in [0.15, 0.2) is 5.82 Å². The van der Waals surface area contributed by atoms with E-state index in [0.29, 0.717) is 30.7 Å². The molecule has 4 aromatic carbocycles. The number of ether oxygens (including phenoxy) is 2. The number of nitrogens with zero attached hydrogens (tertiary/aromatic N) is 5. The van der Waals surface area contributed by atoms with E-state index in [4.69, 9.17) is 20.2 Å². The Kier molecular flexibility index (Phi) is 8.66. The van der Waals surface area contributed by atoms with Gasteiger partial charge in [0.2, 0.25) is 0 Å². The number of piperazine rings is 1. The molecule has 8 nitrogen and oxygen atoms in total. The van der Waals surface area contributed by atoms with Crippen LogP contribution in [0.3, 0.4) is 0 Å². The summed E-state index contributed by atoms with van der Waals surface area (Å²) in [5, 5.41) is 0.970. The van der Waals surface area contributed by atoms with Crippen molar-refractivity contribution >= 4 is 22.5 Å². The summed E-state index contributed by atoms with van der Waals surface area (Å²) in [6, 6.07) is 42.2. The Morgan fingerprint density at radius 2 is 1.32 bits per heavy atom. The first-order valence-electron chi connectivity index (χ1n) is 16.0. The Hall–Kier alpha value is -5.47. The average Bonchev–Trinajstić information content (AvgIpc) is 3.12. The second kappa shape index (κ2) is 13.5. The number of nitrogen functional groups attached to an aromatic ring is 1. The van der Waals surface area contributed by atoms with Gasteiger partial charge < -0.3 is 20.1 Å². The molecule has 0 bridgehead atoms. The number of para-hydroxylation sites is 1. The molecular weight excluding hydrogens is 588 g/mol. The molecule has 2 N–H and O–H groups in total. The number of anilines is 2. The fraction of sp³-hybridized carbons (Fsp3) is 0.205. The van der Waals surface area contributed by atoms with Crippen molar-refractivity contribution in [2.45, 2.75) is 18.5 Å². The molecule has 1 fully saturated rings. The largest absolute Gasteiger partial charge is 0.488 e. The van der Waals surface area contributed by atoms with E-state index < -0.39 is 5.54 Å². The van der Waals surface area contributed by atoms with E-state index in [9.17, 15) is 0 Å². The molecule has 0 spiro atoms. The molecule has 2 aromatic heterocycles. The zero-order valence-corrected chi connectivity index (χ0v) is 26.4. The standard InChI is InChI=1S/C39H38N6O2/c1-29-28-44(39(31-13-5-2-6-14-31,32-15-7-3-8-16-32)33-17-9-4-10-18-33)24-25-45(29)37-38(42-23-22-41-37)47-27-26-46-34-19-11-12-30-20-21-35(40)43-36(30)34/h2-23,29H,24-28H2,1H3,(H2,40,43)/t29-/m1/s1/i26+2,27+2. The van der Waals surface area contributed by atoms with Crippen molar-refractivity contribution in [2.24, 2.45) is 0 Å². The van der Waals surface area contributed by atoms with Gasteiger partial charge in [-0.1, -0.05) is 103 Å². The molecule has 47 heavy (non-hydrogen) atoms. The van der Waals surface area contributed by atoms with Gasteiger partial charge in [-0.2, -0.15) is 0 Å². The van der Waals surface area contributed by atoms with Gasteiger partial charge in [-0.15, -0.1) is 0 Å². The van der Waals surface area contributed by atoms with Crippen molar-refractivity contribution < 1.29 is 9.47 Å². The Balaban J connectivity index is 1.12. The van der Waals surface area contributed by atoms with Crippen molar-refractivity contribution in [1.29, 1.82) is 0 Å². The lowest BCUT2D eigenvalue weighted by atomic mass is 9.75. The number of hydrogen-bond donors (Lipinski definition) is 1. The molecule has 6 aromatic rings. The van der Waals surface area contributed by atoms with Crippen LogP contribution >= 0.6 is 0 Å². The summed E-state index contributed by atoms with van der Waals surface area (Å²) in [5.41, 5.74) is 9.92. The van der Waals surface area contributed by atoms with Crippen molar-refractivity contribution in [3.8, 4) is 11.6 Å². The molecule has 236 valence electrons. The van der Waals surface area contributed by atoms with Crippen LogP contribution in [0.2, 0.25) is 0 Å².